The smallest absolute Gasteiger partial charge is 0.328 e. The van der Waals surface area contributed by atoms with Gasteiger partial charge in [0.2, 0.25) is 0 Å². The van der Waals surface area contributed by atoms with Crippen molar-refractivity contribution in [1.82, 2.24) is 0 Å². The molecule has 0 aromatic heterocycles. The van der Waals surface area contributed by atoms with Gasteiger partial charge in [-0.3, -0.25) is 0 Å². The maximum absolute atomic E-state index is 8.29. The van der Waals surface area contributed by atoms with Gasteiger partial charge in [0, 0.05) is 14.2 Å². The fourth-order valence-corrected chi connectivity index (χ4v) is 0.224. The molecular formula is C2H9MgO3P. The van der Waals surface area contributed by atoms with E-state index in [2.05, 4.69) is 9.05 Å². The molecule has 3 nitrogen and oxygen atoms in total. The van der Waals surface area contributed by atoms with Crippen LogP contribution in [-0.2, 0) is 9.05 Å². The normalized spacial score (nSPS) is 8.57. The summed E-state index contributed by atoms with van der Waals surface area (Å²) in [6.07, 6.45) is 0. The molecule has 0 spiro atoms. The van der Waals surface area contributed by atoms with Crippen molar-refractivity contribution >= 4 is 31.7 Å². The Morgan fingerprint density at radius 2 is 1.57 bits per heavy atom. The summed E-state index contributed by atoms with van der Waals surface area (Å²) in [5.41, 5.74) is 0. The fourth-order valence-electron chi connectivity index (χ4n) is 0.0745. The first-order valence-corrected chi connectivity index (χ1v) is 2.51. The zero-order valence-corrected chi connectivity index (χ0v) is 4.61. The van der Waals surface area contributed by atoms with Crippen molar-refractivity contribution in [2.75, 3.05) is 14.2 Å². The van der Waals surface area contributed by atoms with Gasteiger partial charge >= 0.3 is 31.7 Å². The fraction of sp³-hybridized carbons (Fsp3) is 1.00. The Kier molecular flexibility index (Phi) is 11.1. The van der Waals surface area contributed by atoms with E-state index in [0.29, 0.717) is 0 Å². The Morgan fingerprint density at radius 1 is 1.29 bits per heavy atom. The van der Waals surface area contributed by atoms with Gasteiger partial charge in [-0.15, -0.1) is 0 Å². The molecule has 0 aromatic carbocycles. The first-order valence-electron chi connectivity index (χ1n) is 1.38. The lowest BCUT2D eigenvalue weighted by molar-refractivity contribution is 0.271. The molecule has 0 aliphatic carbocycles. The van der Waals surface area contributed by atoms with E-state index in [1.165, 1.54) is 14.2 Å². The summed E-state index contributed by atoms with van der Waals surface area (Å²) in [6.45, 7) is 0. The minimum Gasteiger partial charge on any atom is -0.328 e. The third-order valence-electron chi connectivity index (χ3n) is 0.312. The monoisotopic (exact) mass is 136 g/mol. The molecule has 0 atom stereocenters. The first-order chi connectivity index (χ1) is 2.81. The van der Waals surface area contributed by atoms with Crippen molar-refractivity contribution in [3.05, 3.63) is 0 Å². The number of rotatable bonds is 2. The minimum atomic E-state index is -1.58. The van der Waals surface area contributed by atoms with Crippen molar-refractivity contribution in [3.63, 3.8) is 0 Å². The van der Waals surface area contributed by atoms with Crippen molar-refractivity contribution in [1.29, 1.82) is 0 Å². The van der Waals surface area contributed by atoms with Crippen LogP contribution in [-0.4, -0.2) is 42.2 Å². The highest BCUT2D eigenvalue weighted by Gasteiger charge is 1.94. The molecule has 0 fully saturated rings. The molecule has 0 heterocycles. The topological polar surface area (TPSA) is 38.7 Å². The average Bonchev–Trinajstić information content (AvgIpc) is 1.65. The highest BCUT2D eigenvalue weighted by Crippen LogP contribution is 2.28. The van der Waals surface area contributed by atoms with Gasteiger partial charge in [-0.25, -0.2) is 0 Å². The van der Waals surface area contributed by atoms with Gasteiger partial charge in [0.15, 0.2) is 0 Å². The number of hydrogen-bond donors (Lipinski definition) is 1. The highest BCUT2D eigenvalue weighted by atomic mass is 31.2. The van der Waals surface area contributed by atoms with Crippen LogP contribution in [0.1, 0.15) is 0 Å². The van der Waals surface area contributed by atoms with Crippen LogP contribution in [0.4, 0.5) is 0 Å². The largest absolute Gasteiger partial charge is 0.329 e. The quantitative estimate of drug-likeness (QED) is 0.414. The van der Waals surface area contributed by atoms with Crippen molar-refractivity contribution in [2.45, 2.75) is 0 Å². The Labute approximate surface area is 60.2 Å². The van der Waals surface area contributed by atoms with Crippen LogP contribution in [0.15, 0.2) is 0 Å². The molecule has 0 rings (SSSR count). The molecule has 0 aliphatic heterocycles. The molecule has 0 saturated heterocycles. The third-order valence-corrected chi connectivity index (χ3v) is 0.937. The van der Waals surface area contributed by atoms with Crippen LogP contribution >= 0.6 is 8.60 Å². The molecule has 0 bridgehead atoms. The number of hydrogen-bond acceptors (Lipinski definition) is 3. The van der Waals surface area contributed by atoms with Gasteiger partial charge in [0.1, 0.15) is 0 Å². The predicted octanol–water partition coefficient (Wildman–Crippen LogP) is -0.418. The van der Waals surface area contributed by atoms with Crippen molar-refractivity contribution < 1.29 is 13.9 Å². The van der Waals surface area contributed by atoms with Gasteiger partial charge in [-0.1, -0.05) is 0 Å². The molecular weight excluding hydrogens is 127 g/mol. The second kappa shape index (κ2) is 7.08. The van der Waals surface area contributed by atoms with Crippen LogP contribution < -0.4 is 0 Å². The predicted molar refractivity (Wildman–Crippen MR) is 31.7 cm³/mol. The van der Waals surface area contributed by atoms with Gasteiger partial charge in [-0.05, 0) is 0 Å². The maximum atomic E-state index is 8.29. The molecule has 0 radical (unpaired) electrons. The zero-order valence-electron chi connectivity index (χ0n) is 3.71. The maximum Gasteiger partial charge on any atom is 0.329 e. The Balaban J connectivity index is 0. The van der Waals surface area contributed by atoms with E-state index in [9.17, 15) is 0 Å². The van der Waals surface area contributed by atoms with E-state index in [1.54, 1.807) is 0 Å². The summed E-state index contributed by atoms with van der Waals surface area (Å²) >= 11 is 0. The summed E-state index contributed by atoms with van der Waals surface area (Å²) < 4.78 is 8.59. The standard InChI is InChI=1S/C2H7O3P.Mg.2H/c1-4-6(3)5-2;;;/h3H,1-2H3;;;. The lowest BCUT2D eigenvalue weighted by atomic mass is 11.8. The molecule has 0 amide bonds. The van der Waals surface area contributed by atoms with Crippen LogP contribution in [0.25, 0.3) is 0 Å². The highest BCUT2D eigenvalue weighted by molar-refractivity contribution is 7.40. The third kappa shape index (κ3) is 7.08. The van der Waals surface area contributed by atoms with E-state index >= 15 is 0 Å². The van der Waals surface area contributed by atoms with Crippen LogP contribution in [0, 0.1) is 0 Å². The summed E-state index contributed by atoms with van der Waals surface area (Å²) in [5, 5.41) is 0. The molecule has 1 N–H and O–H groups in total. The van der Waals surface area contributed by atoms with Crippen LogP contribution in [0.2, 0.25) is 0 Å². The van der Waals surface area contributed by atoms with Crippen molar-refractivity contribution in [2.24, 2.45) is 0 Å². The van der Waals surface area contributed by atoms with Gasteiger partial charge in [0.25, 0.3) is 0 Å². The Hall–Kier alpha value is 1.08. The van der Waals surface area contributed by atoms with Gasteiger partial charge in [-0.2, -0.15) is 0 Å². The van der Waals surface area contributed by atoms with E-state index in [4.69, 9.17) is 4.89 Å². The summed E-state index contributed by atoms with van der Waals surface area (Å²) in [5.74, 6) is 0. The van der Waals surface area contributed by atoms with Gasteiger partial charge < -0.3 is 13.9 Å². The summed E-state index contributed by atoms with van der Waals surface area (Å²) in [7, 11) is 1.19. The molecule has 0 saturated carbocycles. The summed E-state index contributed by atoms with van der Waals surface area (Å²) in [4.78, 5) is 8.29. The lowest BCUT2D eigenvalue weighted by Gasteiger charge is -1.98. The van der Waals surface area contributed by atoms with Crippen LogP contribution in [0.3, 0.4) is 0 Å². The second-order valence-electron chi connectivity index (χ2n) is 0.603. The van der Waals surface area contributed by atoms with E-state index in [-0.39, 0.29) is 23.1 Å². The lowest BCUT2D eigenvalue weighted by Crippen LogP contribution is -1.75. The molecule has 7 heavy (non-hydrogen) atoms. The van der Waals surface area contributed by atoms with E-state index < -0.39 is 8.60 Å². The summed E-state index contributed by atoms with van der Waals surface area (Å²) in [6, 6.07) is 0. The molecule has 5 heteroatoms. The second-order valence-corrected chi connectivity index (χ2v) is 1.81. The molecule has 42 valence electrons. The first kappa shape index (κ1) is 11.0. The van der Waals surface area contributed by atoms with Crippen LogP contribution in [0.5, 0.6) is 0 Å². The molecule has 0 unspecified atom stereocenters. The van der Waals surface area contributed by atoms with Crippen molar-refractivity contribution in [3.8, 4) is 0 Å². The zero-order chi connectivity index (χ0) is 4.99. The minimum absolute atomic E-state index is 0. The average molecular weight is 136 g/mol. The van der Waals surface area contributed by atoms with E-state index in [1.807, 2.05) is 0 Å². The van der Waals surface area contributed by atoms with E-state index in [0.717, 1.165) is 0 Å². The molecule has 0 aliphatic rings. The Bertz CT molecular complexity index is 32.1. The van der Waals surface area contributed by atoms with Gasteiger partial charge in [0.05, 0.1) is 0 Å². The SMILES string of the molecule is COP(O)OC.[MgH2]. The Morgan fingerprint density at radius 3 is 1.57 bits per heavy atom. The molecule has 0 aromatic rings.